The molecule has 0 aliphatic carbocycles. The molecule has 20 heteroatoms. The highest BCUT2D eigenvalue weighted by atomic mass is 32.1. The second kappa shape index (κ2) is 19.2. The summed E-state index contributed by atoms with van der Waals surface area (Å²) in [6, 6.07) is -1.26. The van der Waals surface area contributed by atoms with Crippen LogP contribution in [0.5, 0.6) is 0 Å². The molecule has 0 saturated carbocycles. The van der Waals surface area contributed by atoms with Crippen LogP contribution in [0.2, 0.25) is 0 Å². The first kappa shape index (κ1) is 40.1. The van der Waals surface area contributed by atoms with Gasteiger partial charge in [0.1, 0.15) is 73.2 Å². The molecular formula is C27H48N2O17S. The fourth-order valence-corrected chi connectivity index (χ4v) is 5.57. The summed E-state index contributed by atoms with van der Waals surface area (Å²) in [4.78, 5) is 23.8. The second-order valence-electron chi connectivity index (χ2n) is 11.4. The molecule has 15 atom stereocenters. The topological polar surface area (TPSA) is 296 Å². The lowest BCUT2D eigenvalue weighted by Gasteiger charge is -2.48. The number of hydrogen-bond acceptors (Lipinski definition) is 18. The minimum Gasteiger partial charge on any atom is -0.394 e. The van der Waals surface area contributed by atoms with E-state index >= 15 is 0 Å². The van der Waals surface area contributed by atoms with Gasteiger partial charge in [-0.2, -0.15) is 12.6 Å². The molecule has 3 aliphatic rings. The van der Waals surface area contributed by atoms with Crippen LogP contribution in [0.15, 0.2) is 0 Å². The highest BCUT2D eigenvalue weighted by molar-refractivity contribution is 7.80. The number of carbonyl (C=O) groups excluding carboxylic acids is 2. The summed E-state index contributed by atoms with van der Waals surface area (Å²) in [5.74, 6) is -0.149. The quantitative estimate of drug-likeness (QED) is 0.0525. The first-order valence-electron chi connectivity index (χ1n) is 15.3. The lowest BCUT2D eigenvalue weighted by Crippen LogP contribution is -2.68. The molecule has 15 unspecified atom stereocenters. The number of amides is 2. The highest BCUT2D eigenvalue weighted by Gasteiger charge is 2.54. The number of hydrogen-bond donors (Lipinski definition) is 12. The Balaban J connectivity index is 1.71. The van der Waals surface area contributed by atoms with Gasteiger partial charge in [0.25, 0.3) is 0 Å². The third kappa shape index (κ3) is 10.4. The lowest BCUT2D eigenvalue weighted by molar-refractivity contribution is -0.376. The Kier molecular flexibility index (Phi) is 16.4. The van der Waals surface area contributed by atoms with E-state index in [-0.39, 0.29) is 19.1 Å². The van der Waals surface area contributed by atoms with Gasteiger partial charge in [-0.15, -0.1) is 0 Å². The van der Waals surface area contributed by atoms with Crippen molar-refractivity contribution in [3.8, 4) is 0 Å². The van der Waals surface area contributed by atoms with Gasteiger partial charge in [0.15, 0.2) is 18.9 Å². The van der Waals surface area contributed by atoms with Gasteiger partial charge in [-0.1, -0.05) is 0 Å². The van der Waals surface area contributed by atoms with Gasteiger partial charge in [-0.05, 0) is 18.6 Å². The van der Waals surface area contributed by atoms with Gasteiger partial charge in [-0.25, -0.2) is 0 Å². The van der Waals surface area contributed by atoms with Crippen LogP contribution in [-0.4, -0.2) is 189 Å². The fraction of sp³-hybridized carbons (Fsp3) is 0.926. The molecule has 274 valence electrons. The maximum atomic E-state index is 12.0. The summed E-state index contributed by atoms with van der Waals surface area (Å²) < 4.78 is 33.8. The maximum Gasteiger partial charge on any atom is 0.220 e. The zero-order chi connectivity index (χ0) is 34.8. The van der Waals surface area contributed by atoms with Crippen molar-refractivity contribution < 1.29 is 84.0 Å². The molecule has 0 spiro atoms. The minimum atomic E-state index is -1.93. The zero-order valence-electron chi connectivity index (χ0n) is 25.8. The van der Waals surface area contributed by atoms with E-state index in [1.54, 1.807) is 0 Å². The van der Waals surface area contributed by atoms with Crippen LogP contribution in [0.3, 0.4) is 0 Å². The van der Waals surface area contributed by atoms with Gasteiger partial charge in [-0.3, -0.25) is 9.59 Å². The van der Waals surface area contributed by atoms with E-state index < -0.39 is 118 Å². The normalized spacial score (nSPS) is 41.0. The number of carbonyl (C=O) groups is 2. The first-order chi connectivity index (χ1) is 22.4. The number of thiol groups is 1. The number of ether oxygens (including phenoxy) is 6. The smallest absolute Gasteiger partial charge is 0.220 e. The molecule has 3 aliphatic heterocycles. The fourth-order valence-electron chi connectivity index (χ4n) is 5.41. The van der Waals surface area contributed by atoms with E-state index in [1.165, 1.54) is 6.92 Å². The molecule has 0 aromatic rings. The third-order valence-electron chi connectivity index (χ3n) is 7.96. The molecule has 11 N–H and O–H groups in total. The molecule has 3 saturated heterocycles. The van der Waals surface area contributed by atoms with Gasteiger partial charge < -0.3 is 85.0 Å². The Morgan fingerprint density at radius 2 is 1.28 bits per heavy atom. The zero-order valence-corrected chi connectivity index (χ0v) is 26.7. The molecule has 3 heterocycles. The van der Waals surface area contributed by atoms with Gasteiger partial charge in [0.05, 0.1) is 26.4 Å². The average molecular weight is 705 g/mol. The van der Waals surface area contributed by atoms with E-state index in [1.807, 2.05) is 0 Å². The highest BCUT2D eigenvalue weighted by Crippen LogP contribution is 2.32. The Morgan fingerprint density at radius 1 is 0.702 bits per heavy atom. The van der Waals surface area contributed by atoms with Crippen molar-refractivity contribution in [3.05, 3.63) is 0 Å². The average Bonchev–Trinajstić information content (AvgIpc) is 3.05. The van der Waals surface area contributed by atoms with Crippen LogP contribution >= 0.6 is 12.6 Å². The summed E-state index contributed by atoms with van der Waals surface area (Å²) in [7, 11) is 0. The number of rotatable bonds is 16. The SMILES string of the molecule is CC(=O)NC1C(OCCCNC(=O)CCCS)OC(CO)C(OC2OC(CO)C(O)C(OC3OC(CO)C(O)C(O)C3O)C2O)C1O. The van der Waals surface area contributed by atoms with Crippen molar-refractivity contribution in [2.24, 2.45) is 0 Å². The van der Waals surface area contributed by atoms with Crippen molar-refractivity contribution in [1.29, 1.82) is 0 Å². The molecule has 0 aromatic heterocycles. The van der Waals surface area contributed by atoms with Crippen LogP contribution in [-0.2, 0) is 38.0 Å². The van der Waals surface area contributed by atoms with Gasteiger partial charge in [0, 0.05) is 19.9 Å². The van der Waals surface area contributed by atoms with E-state index in [2.05, 4.69) is 23.3 Å². The summed E-state index contributed by atoms with van der Waals surface area (Å²) >= 11 is 4.06. The minimum absolute atomic E-state index is 0.0292. The van der Waals surface area contributed by atoms with Crippen molar-refractivity contribution in [2.45, 2.75) is 118 Å². The summed E-state index contributed by atoms with van der Waals surface area (Å²) in [5.41, 5.74) is 0. The Labute approximate surface area is 276 Å². The van der Waals surface area contributed by atoms with Crippen LogP contribution in [0, 0.1) is 0 Å². The van der Waals surface area contributed by atoms with Crippen molar-refractivity contribution in [1.82, 2.24) is 10.6 Å². The largest absolute Gasteiger partial charge is 0.394 e. The molecule has 0 bridgehead atoms. The molecule has 0 radical (unpaired) electrons. The molecule has 3 rings (SSSR count). The monoisotopic (exact) mass is 704 g/mol. The predicted octanol–water partition coefficient (Wildman–Crippen LogP) is -6.19. The number of nitrogens with one attached hydrogen (secondary N) is 2. The van der Waals surface area contributed by atoms with E-state index in [0.717, 1.165) is 0 Å². The number of aliphatic hydroxyl groups excluding tert-OH is 9. The number of aliphatic hydroxyl groups is 9. The van der Waals surface area contributed by atoms with Crippen LogP contribution in [0.25, 0.3) is 0 Å². The molecule has 2 amide bonds. The van der Waals surface area contributed by atoms with E-state index in [0.29, 0.717) is 25.0 Å². The Bertz CT molecular complexity index is 970. The Morgan fingerprint density at radius 3 is 1.87 bits per heavy atom. The summed E-state index contributed by atoms with van der Waals surface area (Å²) in [5, 5.41) is 98.4. The van der Waals surface area contributed by atoms with Crippen LogP contribution < -0.4 is 10.6 Å². The molecule has 0 aromatic carbocycles. The summed E-state index contributed by atoms with van der Waals surface area (Å²) in [6.07, 6.45) is -21.7. The van der Waals surface area contributed by atoms with E-state index in [9.17, 15) is 55.5 Å². The van der Waals surface area contributed by atoms with Crippen molar-refractivity contribution >= 4 is 24.4 Å². The second-order valence-corrected chi connectivity index (χ2v) is 11.9. The standard InChI is InChI=1S/C27H48N2O17S/c1-11(33)29-16-19(37)23(14(10-32)44-25(16)41-6-3-5-28-15(34)4-2-7-47)45-27-22(40)24(18(36)13(9-31)43-27)46-26-21(39)20(38)17(35)12(8-30)42-26/h12-14,16-27,30-32,35-40,47H,2-10H2,1H3,(H,28,34)(H,29,33). The molecule has 19 nitrogen and oxygen atoms in total. The van der Waals surface area contributed by atoms with Gasteiger partial charge in [0.2, 0.25) is 11.8 Å². The van der Waals surface area contributed by atoms with Crippen LogP contribution in [0.1, 0.15) is 26.2 Å². The molecule has 47 heavy (non-hydrogen) atoms. The third-order valence-corrected chi connectivity index (χ3v) is 8.28. The molecular weight excluding hydrogens is 656 g/mol. The van der Waals surface area contributed by atoms with Crippen LogP contribution in [0.4, 0.5) is 0 Å². The first-order valence-corrected chi connectivity index (χ1v) is 16.0. The van der Waals surface area contributed by atoms with Crippen molar-refractivity contribution in [3.63, 3.8) is 0 Å². The maximum absolute atomic E-state index is 12.0. The van der Waals surface area contributed by atoms with Crippen molar-refractivity contribution in [2.75, 3.05) is 38.7 Å². The lowest BCUT2D eigenvalue weighted by atomic mass is 9.95. The summed E-state index contributed by atoms with van der Waals surface area (Å²) in [6.45, 7) is -0.849. The Hall–Kier alpha value is -1.31. The van der Waals surface area contributed by atoms with Gasteiger partial charge >= 0.3 is 0 Å². The predicted molar refractivity (Wildman–Crippen MR) is 157 cm³/mol. The van der Waals surface area contributed by atoms with E-state index in [4.69, 9.17) is 28.4 Å². The molecule has 3 fully saturated rings.